The first-order valence-corrected chi connectivity index (χ1v) is 4.39. The highest BCUT2D eigenvalue weighted by molar-refractivity contribution is 5.71. The molecule has 0 saturated carbocycles. The topological polar surface area (TPSA) is 69.6 Å². The lowest BCUT2D eigenvalue weighted by Crippen LogP contribution is -2.30. The van der Waals surface area contributed by atoms with Gasteiger partial charge in [-0.2, -0.15) is 0 Å². The molecule has 14 heavy (non-hydrogen) atoms. The van der Waals surface area contributed by atoms with E-state index in [0.717, 1.165) is 5.69 Å². The van der Waals surface area contributed by atoms with Crippen molar-refractivity contribution in [2.45, 2.75) is 12.0 Å². The van der Waals surface area contributed by atoms with E-state index in [-0.39, 0.29) is 13.0 Å². The number of nitrogens with one attached hydrogen (secondary N) is 1. The second kappa shape index (κ2) is 2.99. The van der Waals surface area contributed by atoms with Gasteiger partial charge >= 0.3 is 5.97 Å². The maximum Gasteiger partial charge on any atom is 0.306 e. The van der Waals surface area contributed by atoms with Crippen molar-refractivity contribution in [3.63, 3.8) is 0 Å². The Morgan fingerprint density at radius 3 is 2.93 bits per heavy atom. The van der Waals surface area contributed by atoms with Crippen molar-refractivity contribution < 1.29 is 15.0 Å². The van der Waals surface area contributed by atoms with Crippen molar-refractivity contribution in [3.8, 4) is 0 Å². The average molecular weight is 193 g/mol. The monoisotopic (exact) mass is 193 g/mol. The molecule has 1 atom stereocenters. The van der Waals surface area contributed by atoms with Gasteiger partial charge in [-0.3, -0.25) is 4.79 Å². The highest BCUT2D eigenvalue weighted by Crippen LogP contribution is 2.36. The van der Waals surface area contributed by atoms with Crippen LogP contribution >= 0.6 is 0 Å². The number of anilines is 1. The molecule has 0 aromatic heterocycles. The fourth-order valence-corrected chi connectivity index (χ4v) is 1.79. The van der Waals surface area contributed by atoms with E-state index >= 15 is 0 Å². The van der Waals surface area contributed by atoms with Gasteiger partial charge in [-0.25, -0.2) is 0 Å². The van der Waals surface area contributed by atoms with Crippen LogP contribution < -0.4 is 5.32 Å². The van der Waals surface area contributed by atoms with Crippen molar-refractivity contribution in [1.82, 2.24) is 0 Å². The molecule has 0 spiro atoms. The van der Waals surface area contributed by atoms with E-state index in [1.54, 1.807) is 12.1 Å². The number of carbonyl (C=O) groups is 1. The number of rotatable bonds is 2. The zero-order chi connectivity index (χ0) is 10.2. The first-order valence-electron chi connectivity index (χ1n) is 4.39. The van der Waals surface area contributed by atoms with Crippen LogP contribution in [0.15, 0.2) is 24.3 Å². The first-order chi connectivity index (χ1) is 6.62. The molecule has 0 amide bonds. The summed E-state index contributed by atoms with van der Waals surface area (Å²) in [5.74, 6) is -0.994. The molecule has 1 heterocycles. The maximum atomic E-state index is 10.6. The molecule has 4 nitrogen and oxygen atoms in total. The zero-order valence-electron chi connectivity index (χ0n) is 7.53. The number of hydrogen-bond acceptors (Lipinski definition) is 3. The maximum absolute atomic E-state index is 10.6. The lowest BCUT2D eigenvalue weighted by atomic mass is 9.93. The van der Waals surface area contributed by atoms with Crippen LogP contribution in [-0.2, 0) is 10.4 Å². The quantitative estimate of drug-likeness (QED) is 0.649. The molecule has 0 bridgehead atoms. The Balaban J connectivity index is 2.37. The van der Waals surface area contributed by atoms with Crippen molar-refractivity contribution in [2.75, 3.05) is 11.9 Å². The fraction of sp³-hybridized carbons (Fsp3) is 0.300. The molecule has 1 unspecified atom stereocenters. The van der Waals surface area contributed by atoms with Crippen LogP contribution in [0.3, 0.4) is 0 Å². The SMILES string of the molecule is O=C(O)CC1(O)CNc2ccccc21. The summed E-state index contributed by atoms with van der Waals surface area (Å²) in [6, 6.07) is 7.21. The van der Waals surface area contributed by atoms with Gasteiger partial charge in [0.2, 0.25) is 0 Å². The van der Waals surface area contributed by atoms with E-state index < -0.39 is 11.6 Å². The number of para-hydroxylation sites is 1. The molecule has 0 saturated heterocycles. The molecule has 0 fully saturated rings. The van der Waals surface area contributed by atoms with Gasteiger partial charge in [-0.1, -0.05) is 18.2 Å². The predicted molar refractivity (Wildman–Crippen MR) is 51.1 cm³/mol. The Morgan fingerprint density at radius 2 is 2.21 bits per heavy atom. The number of aliphatic hydroxyl groups is 1. The van der Waals surface area contributed by atoms with Crippen LogP contribution in [0.1, 0.15) is 12.0 Å². The van der Waals surface area contributed by atoms with Crippen LogP contribution in [0.2, 0.25) is 0 Å². The predicted octanol–water partition coefficient (Wildman–Crippen LogP) is 0.774. The van der Waals surface area contributed by atoms with Crippen LogP contribution in [0.25, 0.3) is 0 Å². The number of hydrogen-bond donors (Lipinski definition) is 3. The normalized spacial score (nSPS) is 24.1. The number of β-amino-alcohol motifs (C(OH)–C–C–N with tert-alkyl or cyclic N) is 1. The van der Waals surface area contributed by atoms with E-state index in [2.05, 4.69) is 5.32 Å². The number of aliphatic carboxylic acids is 1. The Labute approximate surface area is 81.2 Å². The molecular weight excluding hydrogens is 182 g/mol. The van der Waals surface area contributed by atoms with Crippen LogP contribution in [0.5, 0.6) is 0 Å². The second-order valence-electron chi connectivity index (χ2n) is 3.50. The van der Waals surface area contributed by atoms with Crippen molar-refractivity contribution in [2.24, 2.45) is 0 Å². The molecule has 1 aromatic rings. The number of carboxylic acid groups (broad SMARTS) is 1. The van der Waals surface area contributed by atoms with Gasteiger partial charge in [0.1, 0.15) is 5.60 Å². The van der Waals surface area contributed by atoms with Gasteiger partial charge in [0.15, 0.2) is 0 Å². The summed E-state index contributed by atoms with van der Waals surface area (Å²) in [5.41, 5.74) is 0.223. The van der Waals surface area contributed by atoms with E-state index in [1.807, 2.05) is 12.1 Å². The molecule has 2 rings (SSSR count). The van der Waals surface area contributed by atoms with Crippen molar-refractivity contribution in [3.05, 3.63) is 29.8 Å². The van der Waals surface area contributed by atoms with Crippen molar-refractivity contribution >= 4 is 11.7 Å². The van der Waals surface area contributed by atoms with Gasteiger partial charge in [0.25, 0.3) is 0 Å². The molecule has 0 radical (unpaired) electrons. The van der Waals surface area contributed by atoms with Crippen LogP contribution in [0, 0.1) is 0 Å². The molecule has 4 heteroatoms. The Morgan fingerprint density at radius 1 is 1.50 bits per heavy atom. The fourth-order valence-electron chi connectivity index (χ4n) is 1.79. The minimum atomic E-state index is -1.26. The Hall–Kier alpha value is -1.55. The second-order valence-corrected chi connectivity index (χ2v) is 3.50. The summed E-state index contributed by atoms with van der Waals surface area (Å²) in [7, 11) is 0. The van der Waals surface area contributed by atoms with Crippen molar-refractivity contribution in [1.29, 1.82) is 0 Å². The molecule has 0 aliphatic carbocycles. The Bertz CT molecular complexity index is 377. The molecular formula is C10H11NO3. The molecule has 1 aromatic carbocycles. The summed E-state index contributed by atoms with van der Waals surface area (Å²) < 4.78 is 0. The van der Waals surface area contributed by atoms with Gasteiger partial charge in [0, 0.05) is 17.8 Å². The summed E-state index contributed by atoms with van der Waals surface area (Å²) in [5, 5.41) is 21.7. The minimum Gasteiger partial charge on any atom is -0.481 e. The highest BCUT2D eigenvalue weighted by atomic mass is 16.4. The summed E-state index contributed by atoms with van der Waals surface area (Å²) in [6.07, 6.45) is -0.267. The van der Waals surface area contributed by atoms with E-state index in [4.69, 9.17) is 5.11 Å². The van der Waals surface area contributed by atoms with E-state index in [0.29, 0.717) is 5.56 Å². The molecule has 1 aliphatic rings. The third kappa shape index (κ3) is 1.33. The third-order valence-corrected chi connectivity index (χ3v) is 2.44. The molecule has 3 N–H and O–H groups in total. The lowest BCUT2D eigenvalue weighted by Gasteiger charge is -2.19. The summed E-state index contributed by atoms with van der Waals surface area (Å²) >= 11 is 0. The smallest absolute Gasteiger partial charge is 0.306 e. The van der Waals surface area contributed by atoms with Gasteiger partial charge in [-0.15, -0.1) is 0 Å². The highest BCUT2D eigenvalue weighted by Gasteiger charge is 2.38. The van der Waals surface area contributed by atoms with Gasteiger partial charge < -0.3 is 15.5 Å². The molecule has 1 aliphatic heterocycles. The van der Waals surface area contributed by atoms with Crippen LogP contribution in [0.4, 0.5) is 5.69 Å². The third-order valence-electron chi connectivity index (χ3n) is 2.44. The summed E-state index contributed by atoms with van der Waals surface area (Å²) in [4.78, 5) is 10.6. The van der Waals surface area contributed by atoms with E-state index in [9.17, 15) is 9.90 Å². The summed E-state index contributed by atoms with van der Waals surface area (Å²) in [6.45, 7) is 0.263. The lowest BCUT2D eigenvalue weighted by molar-refractivity contribution is -0.142. The standard InChI is InChI=1S/C10H11NO3/c12-9(13)5-10(14)6-11-8-4-2-1-3-7(8)10/h1-4,11,14H,5-6H2,(H,12,13). The minimum absolute atomic E-state index is 0.263. The largest absolute Gasteiger partial charge is 0.481 e. The first kappa shape index (κ1) is 9.02. The van der Waals surface area contributed by atoms with Crippen LogP contribution in [-0.4, -0.2) is 22.7 Å². The van der Waals surface area contributed by atoms with Gasteiger partial charge in [-0.05, 0) is 6.07 Å². The average Bonchev–Trinajstić information content (AvgIpc) is 2.44. The van der Waals surface area contributed by atoms with Gasteiger partial charge in [0.05, 0.1) is 6.42 Å². The zero-order valence-corrected chi connectivity index (χ0v) is 7.53. The number of fused-ring (bicyclic) bond motifs is 1. The van der Waals surface area contributed by atoms with E-state index in [1.165, 1.54) is 0 Å². The molecule has 74 valence electrons. The number of benzene rings is 1. The Kier molecular flexibility index (Phi) is 1.93. The number of carboxylic acids is 1.